The maximum absolute atomic E-state index is 6.61. The Bertz CT molecular complexity index is 3090. The Kier molecular flexibility index (Phi) is 5.74. The monoisotopic (exact) mass is 698 g/mol. The van der Waals surface area contributed by atoms with Gasteiger partial charge in [0.2, 0.25) is 0 Å². The number of ether oxygens (including phenoxy) is 1. The molecule has 12 rings (SSSR count). The minimum Gasteiger partial charge on any atom is -0.457 e. The van der Waals surface area contributed by atoms with Crippen molar-refractivity contribution in [2.75, 3.05) is 0 Å². The summed E-state index contributed by atoms with van der Waals surface area (Å²) in [5, 5.41) is 3.62. The molecule has 4 heterocycles. The zero-order valence-electron chi connectivity index (χ0n) is 27.6. The van der Waals surface area contributed by atoms with Gasteiger partial charge in [0.15, 0.2) is 5.82 Å². The van der Waals surface area contributed by atoms with E-state index in [4.69, 9.17) is 14.7 Å². The lowest BCUT2D eigenvalue weighted by Crippen LogP contribution is -2.32. The number of hydrogen-bond donors (Lipinski definition) is 0. The van der Waals surface area contributed by atoms with Crippen molar-refractivity contribution in [2.24, 2.45) is 0 Å². The van der Waals surface area contributed by atoms with Crippen LogP contribution in [0.5, 0.6) is 11.5 Å². The van der Waals surface area contributed by atoms with Crippen LogP contribution in [0.1, 0.15) is 22.3 Å². The van der Waals surface area contributed by atoms with Crippen molar-refractivity contribution in [1.82, 2.24) is 9.97 Å². The van der Waals surface area contributed by atoms with E-state index in [9.17, 15) is 0 Å². The average molecular weight is 699 g/mol. The molecule has 0 radical (unpaired) electrons. The van der Waals surface area contributed by atoms with E-state index < -0.39 is 5.41 Å². The van der Waals surface area contributed by atoms with Gasteiger partial charge in [-0.25, -0.2) is 9.97 Å². The molecule has 10 aromatic rings. The van der Waals surface area contributed by atoms with Crippen molar-refractivity contribution in [1.29, 1.82) is 0 Å². The number of rotatable bonds is 2. The first-order chi connectivity index (χ1) is 25.8. The number of hydrogen-bond acceptors (Lipinski definition) is 5. The SMILES string of the molecule is c1ccc2c(c1)Oc1ccccc1C21c2ccccc2-c2c(-c3nc(-c4cccc5sc6ccccc6c45)nc4c3sc3ccccc34)cccc21. The molecule has 3 nitrogen and oxygen atoms in total. The first-order valence-electron chi connectivity index (χ1n) is 17.5. The number of para-hydroxylation sites is 2. The summed E-state index contributed by atoms with van der Waals surface area (Å²) >= 11 is 3.61. The van der Waals surface area contributed by atoms with Crippen LogP contribution in [0.4, 0.5) is 0 Å². The summed E-state index contributed by atoms with van der Waals surface area (Å²) in [6.07, 6.45) is 0. The highest BCUT2D eigenvalue weighted by Crippen LogP contribution is 2.63. The van der Waals surface area contributed by atoms with E-state index in [0.29, 0.717) is 0 Å². The fraction of sp³-hybridized carbons (Fsp3) is 0.0213. The first kappa shape index (κ1) is 28.5. The number of nitrogens with zero attached hydrogens (tertiary/aromatic N) is 2. The maximum Gasteiger partial charge on any atom is 0.161 e. The third-order valence-electron chi connectivity index (χ3n) is 11.0. The first-order valence-corrected chi connectivity index (χ1v) is 19.1. The number of fused-ring (bicyclic) bond motifs is 15. The molecule has 1 spiro atoms. The fourth-order valence-electron chi connectivity index (χ4n) is 8.96. The second-order valence-corrected chi connectivity index (χ2v) is 15.7. The standard InChI is InChI=1S/C47H26N2OS2/c1-4-18-32-27(13-1)41-30(16-11-21-35(41)47(32)33-19-5-7-22-36(33)50-37-23-8-6-20-34(37)47)44-45-43(29-15-3-10-25-39(29)52-45)48-46(49-44)31-17-12-26-40-42(31)28-14-2-9-24-38(28)51-40/h1-26H. The molecule has 5 heteroatoms. The molecule has 0 bridgehead atoms. The lowest BCUT2D eigenvalue weighted by Gasteiger charge is -2.39. The summed E-state index contributed by atoms with van der Waals surface area (Å²) < 4.78 is 11.4. The van der Waals surface area contributed by atoms with Crippen molar-refractivity contribution >= 4 is 63.1 Å². The van der Waals surface area contributed by atoms with Crippen LogP contribution in [0, 0.1) is 0 Å². The van der Waals surface area contributed by atoms with Crippen molar-refractivity contribution < 1.29 is 4.74 Å². The van der Waals surface area contributed by atoms with Gasteiger partial charge < -0.3 is 4.74 Å². The summed E-state index contributed by atoms with van der Waals surface area (Å²) in [4.78, 5) is 11.0. The molecule has 0 atom stereocenters. The Hall–Kier alpha value is -6.14. The molecule has 1 aliphatic carbocycles. The van der Waals surface area contributed by atoms with Crippen LogP contribution >= 0.6 is 22.7 Å². The molecule has 1 aliphatic heterocycles. The van der Waals surface area contributed by atoms with Gasteiger partial charge >= 0.3 is 0 Å². The number of aromatic nitrogens is 2. The quantitative estimate of drug-likeness (QED) is 0.180. The third kappa shape index (κ3) is 3.64. The van der Waals surface area contributed by atoms with Gasteiger partial charge in [-0.15, -0.1) is 22.7 Å². The fourth-order valence-corrected chi connectivity index (χ4v) is 11.2. The molecule has 3 aromatic heterocycles. The lowest BCUT2D eigenvalue weighted by molar-refractivity contribution is 0.436. The van der Waals surface area contributed by atoms with Gasteiger partial charge in [0, 0.05) is 52.5 Å². The summed E-state index contributed by atoms with van der Waals surface area (Å²) in [6.45, 7) is 0. The van der Waals surface area contributed by atoms with Gasteiger partial charge in [-0.05, 0) is 52.6 Å². The minimum absolute atomic E-state index is 0.552. The predicted octanol–water partition coefficient (Wildman–Crippen LogP) is 13.0. The highest BCUT2D eigenvalue weighted by Gasteiger charge is 2.51. The number of thiophene rings is 2. The predicted molar refractivity (Wildman–Crippen MR) is 216 cm³/mol. The molecule has 242 valence electrons. The van der Waals surface area contributed by atoms with Crippen molar-refractivity contribution in [2.45, 2.75) is 5.41 Å². The summed E-state index contributed by atoms with van der Waals surface area (Å²) in [6, 6.07) is 56.7. The van der Waals surface area contributed by atoms with Crippen LogP contribution in [0.15, 0.2) is 158 Å². The zero-order valence-corrected chi connectivity index (χ0v) is 29.3. The molecule has 7 aromatic carbocycles. The topological polar surface area (TPSA) is 35.0 Å². The van der Waals surface area contributed by atoms with Crippen LogP contribution in [-0.4, -0.2) is 9.97 Å². The molecular weight excluding hydrogens is 673 g/mol. The lowest BCUT2D eigenvalue weighted by atomic mass is 9.66. The van der Waals surface area contributed by atoms with Crippen LogP contribution < -0.4 is 4.74 Å². The molecule has 0 fully saturated rings. The van der Waals surface area contributed by atoms with E-state index in [2.05, 4.69) is 158 Å². The Balaban J connectivity index is 1.22. The largest absolute Gasteiger partial charge is 0.457 e. The van der Waals surface area contributed by atoms with Crippen molar-refractivity contribution in [3.8, 4) is 45.3 Å². The molecule has 0 amide bonds. The highest BCUT2D eigenvalue weighted by molar-refractivity contribution is 7.26. The Labute approximate surface area is 307 Å². The van der Waals surface area contributed by atoms with Gasteiger partial charge in [-0.1, -0.05) is 127 Å². The van der Waals surface area contributed by atoms with E-state index >= 15 is 0 Å². The Morgan fingerprint density at radius 1 is 0.442 bits per heavy atom. The molecule has 0 unspecified atom stereocenters. The maximum atomic E-state index is 6.61. The second-order valence-electron chi connectivity index (χ2n) is 13.6. The van der Waals surface area contributed by atoms with E-state index in [1.54, 1.807) is 11.3 Å². The number of benzene rings is 7. The second kappa shape index (κ2) is 10.5. The van der Waals surface area contributed by atoms with E-state index in [-0.39, 0.29) is 0 Å². The Morgan fingerprint density at radius 2 is 1.02 bits per heavy atom. The molecule has 2 aliphatic rings. The molecule has 0 N–H and O–H groups in total. The van der Waals surface area contributed by atoms with E-state index in [1.165, 1.54) is 47.1 Å². The Morgan fingerprint density at radius 3 is 1.83 bits per heavy atom. The molecule has 52 heavy (non-hydrogen) atoms. The smallest absolute Gasteiger partial charge is 0.161 e. The average Bonchev–Trinajstić information content (AvgIpc) is 3.87. The normalized spacial score (nSPS) is 13.7. The van der Waals surface area contributed by atoms with Gasteiger partial charge in [0.1, 0.15) is 11.5 Å². The molecular formula is C47H26N2OS2. The molecule has 0 saturated heterocycles. The third-order valence-corrected chi connectivity index (χ3v) is 13.3. The summed E-state index contributed by atoms with van der Waals surface area (Å²) in [5.41, 5.74) is 10.8. The van der Waals surface area contributed by atoms with Gasteiger partial charge in [-0.3, -0.25) is 0 Å². The molecule has 0 saturated carbocycles. The van der Waals surface area contributed by atoms with Crippen LogP contribution in [0.3, 0.4) is 0 Å². The van der Waals surface area contributed by atoms with Gasteiger partial charge in [-0.2, -0.15) is 0 Å². The summed E-state index contributed by atoms with van der Waals surface area (Å²) in [7, 11) is 0. The van der Waals surface area contributed by atoms with Crippen LogP contribution in [0.25, 0.3) is 74.2 Å². The zero-order chi connectivity index (χ0) is 34.0. The minimum atomic E-state index is -0.552. The van der Waals surface area contributed by atoms with Crippen LogP contribution in [-0.2, 0) is 5.41 Å². The van der Waals surface area contributed by atoms with Gasteiger partial charge in [0.05, 0.1) is 21.3 Å². The van der Waals surface area contributed by atoms with E-state index in [0.717, 1.165) is 60.9 Å². The van der Waals surface area contributed by atoms with Crippen LogP contribution in [0.2, 0.25) is 0 Å². The summed E-state index contributed by atoms with van der Waals surface area (Å²) in [5.74, 6) is 2.53. The highest BCUT2D eigenvalue weighted by atomic mass is 32.1. The van der Waals surface area contributed by atoms with E-state index in [1.807, 2.05) is 11.3 Å². The van der Waals surface area contributed by atoms with Crippen molar-refractivity contribution in [3.63, 3.8) is 0 Å². The van der Waals surface area contributed by atoms with Crippen molar-refractivity contribution in [3.05, 3.63) is 180 Å². The van der Waals surface area contributed by atoms with Gasteiger partial charge in [0.25, 0.3) is 0 Å².